The van der Waals surface area contributed by atoms with Gasteiger partial charge >= 0.3 is 0 Å². The van der Waals surface area contributed by atoms with Gasteiger partial charge in [0.05, 0.1) is 6.61 Å². The molecule has 5 nitrogen and oxygen atoms in total. The molecule has 0 spiro atoms. The molecule has 1 N–H and O–H groups in total. The standard InChI is InChI=1S/C12H13ClN2O3S/c1-8(19(17)7-6-16)12-14-11(15-18-12)9-2-4-10(13)5-3-9/h2-5,8,16H,6-7H2,1H3. The van der Waals surface area contributed by atoms with Gasteiger partial charge < -0.3 is 9.63 Å². The highest BCUT2D eigenvalue weighted by Gasteiger charge is 2.20. The van der Waals surface area contributed by atoms with Crippen LogP contribution in [0.2, 0.25) is 5.02 Å². The zero-order valence-electron chi connectivity index (χ0n) is 10.2. The predicted molar refractivity (Wildman–Crippen MR) is 73.3 cm³/mol. The number of halogens is 1. The van der Waals surface area contributed by atoms with Crippen LogP contribution >= 0.6 is 11.6 Å². The van der Waals surface area contributed by atoms with Crippen LogP contribution in [0.25, 0.3) is 11.4 Å². The normalized spacial score (nSPS) is 14.3. The fourth-order valence-electron chi connectivity index (χ4n) is 1.50. The van der Waals surface area contributed by atoms with E-state index in [9.17, 15) is 4.21 Å². The number of nitrogens with zero attached hydrogens (tertiary/aromatic N) is 2. The van der Waals surface area contributed by atoms with Crippen molar-refractivity contribution in [1.82, 2.24) is 10.1 Å². The van der Waals surface area contributed by atoms with Gasteiger partial charge in [0.2, 0.25) is 11.7 Å². The molecule has 2 rings (SSSR count). The van der Waals surface area contributed by atoms with Crippen LogP contribution in [0.1, 0.15) is 18.1 Å². The lowest BCUT2D eigenvalue weighted by molar-refractivity contribution is 0.320. The van der Waals surface area contributed by atoms with Crippen LogP contribution in [-0.2, 0) is 10.8 Å². The lowest BCUT2D eigenvalue weighted by Gasteiger charge is -2.04. The Bertz CT molecular complexity index is 571. The molecule has 0 amide bonds. The minimum atomic E-state index is -1.23. The molecule has 0 bridgehead atoms. The van der Waals surface area contributed by atoms with Crippen LogP contribution < -0.4 is 0 Å². The van der Waals surface area contributed by atoms with E-state index in [4.69, 9.17) is 21.2 Å². The van der Waals surface area contributed by atoms with Crippen molar-refractivity contribution < 1.29 is 13.8 Å². The summed E-state index contributed by atoms with van der Waals surface area (Å²) in [6.45, 7) is 1.60. The summed E-state index contributed by atoms with van der Waals surface area (Å²) in [7, 11) is -1.23. The first-order valence-corrected chi connectivity index (χ1v) is 7.45. The Morgan fingerprint density at radius 2 is 2.11 bits per heavy atom. The maximum atomic E-state index is 11.7. The molecule has 0 aliphatic rings. The lowest BCUT2D eigenvalue weighted by atomic mass is 10.2. The average Bonchev–Trinajstić information content (AvgIpc) is 2.88. The zero-order chi connectivity index (χ0) is 13.8. The van der Waals surface area contributed by atoms with Crippen molar-refractivity contribution in [3.05, 3.63) is 35.2 Å². The Balaban J connectivity index is 2.19. The molecule has 2 atom stereocenters. The Morgan fingerprint density at radius 3 is 2.74 bits per heavy atom. The summed E-state index contributed by atoms with van der Waals surface area (Å²) in [6.07, 6.45) is 0. The minimum absolute atomic E-state index is 0.130. The Morgan fingerprint density at radius 1 is 1.42 bits per heavy atom. The smallest absolute Gasteiger partial charge is 0.242 e. The number of aliphatic hydroxyl groups excluding tert-OH is 1. The monoisotopic (exact) mass is 300 g/mol. The number of rotatable bonds is 5. The molecule has 102 valence electrons. The van der Waals surface area contributed by atoms with Gasteiger partial charge in [0, 0.05) is 27.1 Å². The van der Waals surface area contributed by atoms with Crippen molar-refractivity contribution in [3.63, 3.8) is 0 Å². The molecule has 1 aromatic heterocycles. The molecule has 0 aliphatic carbocycles. The van der Waals surface area contributed by atoms with Crippen molar-refractivity contribution in [3.8, 4) is 11.4 Å². The van der Waals surface area contributed by atoms with Crippen LogP contribution in [0.3, 0.4) is 0 Å². The van der Waals surface area contributed by atoms with Crippen molar-refractivity contribution >= 4 is 22.4 Å². The van der Waals surface area contributed by atoms with Gasteiger partial charge in [0.15, 0.2) is 0 Å². The fraction of sp³-hybridized carbons (Fsp3) is 0.333. The Labute approximate surface area is 118 Å². The minimum Gasteiger partial charge on any atom is -0.395 e. The first-order valence-electron chi connectivity index (χ1n) is 5.69. The van der Waals surface area contributed by atoms with E-state index in [2.05, 4.69) is 10.1 Å². The SMILES string of the molecule is CC(c1nc(-c2ccc(Cl)cc2)no1)S(=O)CCO. The number of aromatic nitrogens is 2. The lowest BCUT2D eigenvalue weighted by Crippen LogP contribution is -2.09. The predicted octanol–water partition coefficient (Wildman–Crippen LogP) is 2.19. The summed E-state index contributed by atoms with van der Waals surface area (Å²) in [5.41, 5.74) is 0.777. The van der Waals surface area contributed by atoms with Crippen LogP contribution in [0.15, 0.2) is 28.8 Å². The highest BCUT2D eigenvalue weighted by Crippen LogP contribution is 2.23. The van der Waals surface area contributed by atoms with Gasteiger partial charge in [0.1, 0.15) is 5.25 Å². The van der Waals surface area contributed by atoms with Crippen LogP contribution in [-0.4, -0.2) is 31.8 Å². The maximum absolute atomic E-state index is 11.7. The highest BCUT2D eigenvalue weighted by atomic mass is 35.5. The van der Waals surface area contributed by atoms with Gasteiger partial charge in [-0.15, -0.1) is 0 Å². The molecule has 2 unspecified atom stereocenters. The van der Waals surface area contributed by atoms with Crippen LogP contribution in [0.5, 0.6) is 0 Å². The van der Waals surface area contributed by atoms with E-state index in [1.807, 2.05) is 0 Å². The quantitative estimate of drug-likeness (QED) is 0.916. The first-order chi connectivity index (χ1) is 9.11. The topological polar surface area (TPSA) is 76.2 Å². The third kappa shape index (κ3) is 3.40. The first kappa shape index (κ1) is 14.2. The van der Waals surface area contributed by atoms with E-state index < -0.39 is 16.0 Å². The fourth-order valence-corrected chi connectivity index (χ4v) is 2.48. The molecule has 0 saturated carbocycles. The second-order valence-electron chi connectivity index (χ2n) is 3.91. The summed E-state index contributed by atoms with van der Waals surface area (Å²) in [5.74, 6) is 0.927. The molecule has 0 fully saturated rings. The van der Waals surface area contributed by atoms with Gasteiger partial charge in [-0.3, -0.25) is 4.21 Å². The number of benzene rings is 1. The average molecular weight is 301 g/mol. The molecule has 0 radical (unpaired) electrons. The molecule has 2 aromatic rings. The third-order valence-corrected chi connectivity index (χ3v) is 4.41. The van der Waals surface area contributed by atoms with Gasteiger partial charge in [-0.2, -0.15) is 4.98 Å². The largest absolute Gasteiger partial charge is 0.395 e. The summed E-state index contributed by atoms with van der Waals surface area (Å²) < 4.78 is 16.8. The third-order valence-electron chi connectivity index (χ3n) is 2.58. The molecule has 1 heterocycles. The van der Waals surface area contributed by atoms with Crippen molar-refractivity contribution in [1.29, 1.82) is 0 Å². The van der Waals surface area contributed by atoms with E-state index in [1.54, 1.807) is 31.2 Å². The van der Waals surface area contributed by atoms with Gasteiger partial charge in [-0.05, 0) is 31.2 Å². The summed E-state index contributed by atoms with van der Waals surface area (Å²) in [5, 5.41) is 12.9. The molecule has 1 aromatic carbocycles. The molecule has 19 heavy (non-hydrogen) atoms. The van der Waals surface area contributed by atoms with E-state index >= 15 is 0 Å². The summed E-state index contributed by atoms with van der Waals surface area (Å²) in [6, 6.07) is 7.04. The zero-order valence-corrected chi connectivity index (χ0v) is 11.8. The molecule has 7 heteroatoms. The van der Waals surface area contributed by atoms with Crippen molar-refractivity contribution in [2.75, 3.05) is 12.4 Å². The van der Waals surface area contributed by atoms with E-state index in [0.29, 0.717) is 16.7 Å². The second kappa shape index (κ2) is 6.27. The summed E-state index contributed by atoms with van der Waals surface area (Å²) >= 11 is 5.80. The Hall–Kier alpha value is -1.24. The second-order valence-corrected chi connectivity index (χ2v) is 6.23. The van der Waals surface area contributed by atoms with Crippen LogP contribution in [0, 0.1) is 0 Å². The Kier molecular flexibility index (Phi) is 4.68. The highest BCUT2D eigenvalue weighted by molar-refractivity contribution is 7.85. The van der Waals surface area contributed by atoms with E-state index in [0.717, 1.165) is 5.56 Å². The van der Waals surface area contributed by atoms with Crippen molar-refractivity contribution in [2.24, 2.45) is 0 Å². The number of hydrogen-bond donors (Lipinski definition) is 1. The molecule has 0 aliphatic heterocycles. The van der Waals surface area contributed by atoms with Crippen molar-refractivity contribution in [2.45, 2.75) is 12.2 Å². The number of hydrogen-bond acceptors (Lipinski definition) is 5. The molecular formula is C12H13ClN2O3S. The molecule has 0 saturated heterocycles. The summed E-state index contributed by atoms with van der Waals surface area (Å²) in [4.78, 5) is 4.22. The van der Waals surface area contributed by atoms with E-state index in [-0.39, 0.29) is 12.4 Å². The maximum Gasteiger partial charge on any atom is 0.242 e. The van der Waals surface area contributed by atoms with Crippen LogP contribution in [0.4, 0.5) is 0 Å². The van der Waals surface area contributed by atoms with Gasteiger partial charge in [-0.25, -0.2) is 0 Å². The van der Waals surface area contributed by atoms with Gasteiger partial charge in [-0.1, -0.05) is 16.8 Å². The molecular weight excluding hydrogens is 288 g/mol. The van der Waals surface area contributed by atoms with Gasteiger partial charge in [0.25, 0.3) is 0 Å². The van der Waals surface area contributed by atoms with E-state index in [1.165, 1.54) is 0 Å². The number of aliphatic hydroxyl groups is 1.